The first-order valence-corrected chi connectivity index (χ1v) is 12.9. The van der Waals surface area contributed by atoms with E-state index in [9.17, 15) is 13.2 Å². The van der Waals surface area contributed by atoms with Gasteiger partial charge in [-0.15, -0.1) is 0 Å². The molecule has 1 aromatic rings. The molecule has 31 heavy (non-hydrogen) atoms. The van der Waals surface area contributed by atoms with Crippen molar-refractivity contribution in [1.82, 2.24) is 0 Å². The third-order valence-electron chi connectivity index (χ3n) is 7.92. The van der Waals surface area contributed by atoms with Crippen molar-refractivity contribution in [1.29, 1.82) is 0 Å². The number of ether oxygens (including phenoxy) is 1. The predicted octanol–water partition coefficient (Wildman–Crippen LogP) is 4.18. The van der Waals surface area contributed by atoms with Crippen LogP contribution in [0.2, 0.25) is 0 Å². The second kappa shape index (κ2) is 8.24. The number of benzene rings is 1. The van der Waals surface area contributed by atoms with Crippen molar-refractivity contribution in [2.24, 2.45) is 22.4 Å². The van der Waals surface area contributed by atoms with Gasteiger partial charge in [-0.3, -0.25) is 0 Å². The highest BCUT2D eigenvalue weighted by molar-refractivity contribution is 7.84. The van der Waals surface area contributed by atoms with Crippen LogP contribution in [0.3, 0.4) is 0 Å². The summed E-state index contributed by atoms with van der Waals surface area (Å²) in [6.07, 6.45) is 8.64. The summed E-state index contributed by atoms with van der Waals surface area (Å²) in [6, 6.07) is 4.04. The van der Waals surface area contributed by atoms with Gasteiger partial charge in [-0.05, 0) is 97.8 Å². The van der Waals surface area contributed by atoms with Crippen molar-refractivity contribution in [3.8, 4) is 5.75 Å². The van der Waals surface area contributed by atoms with E-state index in [2.05, 4.69) is 13.0 Å². The van der Waals surface area contributed by atoms with Crippen LogP contribution >= 0.6 is 0 Å². The van der Waals surface area contributed by atoms with E-state index >= 15 is 0 Å². The van der Waals surface area contributed by atoms with Gasteiger partial charge in [0.2, 0.25) is 0 Å². The molecule has 0 bridgehead atoms. The fraction of sp³-hybridized carbons (Fsp3) is 0.625. The summed E-state index contributed by atoms with van der Waals surface area (Å²) in [4.78, 5) is 12.1. The van der Waals surface area contributed by atoms with E-state index in [-0.39, 0.29) is 11.4 Å². The normalized spacial score (nSPS) is 31.0. The Morgan fingerprint density at radius 3 is 2.68 bits per heavy atom. The highest BCUT2D eigenvalue weighted by atomic mass is 32.2. The molecule has 2 N–H and O–H groups in total. The molecule has 0 aliphatic heterocycles. The molecule has 3 aliphatic rings. The lowest BCUT2D eigenvalue weighted by molar-refractivity contribution is -0.137. The van der Waals surface area contributed by atoms with Crippen LogP contribution in [0.15, 0.2) is 23.8 Å². The number of carbonyl (C=O) groups excluding carboxylic acids is 1. The summed E-state index contributed by atoms with van der Waals surface area (Å²) < 4.78 is 33.2. The Balaban J connectivity index is 1.64. The zero-order valence-electron chi connectivity index (χ0n) is 18.6. The van der Waals surface area contributed by atoms with Crippen molar-refractivity contribution < 1.29 is 22.1 Å². The molecule has 3 aliphatic carbocycles. The first-order chi connectivity index (χ1) is 14.7. The van der Waals surface area contributed by atoms with Crippen LogP contribution in [0.25, 0.3) is 0 Å². The summed E-state index contributed by atoms with van der Waals surface area (Å²) in [5.74, 6) is 1.76. The first-order valence-electron chi connectivity index (χ1n) is 11.4. The highest BCUT2D eigenvalue weighted by Crippen LogP contribution is 2.63. The number of fused-ring (bicyclic) bond motifs is 5. The molecule has 2 fully saturated rings. The smallest absolute Gasteiger partial charge is 0.380 e. The zero-order valence-corrected chi connectivity index (χ0v) is 19.5. The molecule has 0 amide bonds. The molecule has 4 atom stereocenters. The fourth-order valence-corrected chi connectivity index (χ4v) is 6.94. The second-order valence-electron chi connectivity index (χ2n) is 9.42. The van der Waals surface area contributed by atoms with Crippen LogP contribution < -0.4 is 9.32 Å². The average molecular weight is 448 g/mol. The Kier molecular flexibility index (Phi) is 5.94. The molecule has 7 heteroatoms. The quantitative estimate of drug-likeness (QED) is 0.540. The lowest BCUT2D eigenvalue weighted by Gasteiger charge is -2.49. The van der Waals surface area contributed by atoms with Crippen LogP contribution in [-0.2, 0) is 32.7 Å². The van der Waals surface area contributed by atoms with E-state index in [0.717, 1.165) is 44.1 Å². The van der Waals surface area contributed by atoms with E-state index < -0.39 is 10.3 Å². The maximum absolute atomic E-state index is 12.1. The second-order valence-corrected chi connectivity index (χ2v) is 10.6. The van der Waals surface area contributed by atoms with Gasteiger partial charge in [0.05, 0.1) is 6.61 Å². The summed E-state index contributed by atoms with van der Waals surface area (Å²) in [6.45, 7) is 6.58. The minimum Gasteiger partial charge on any atom is -0.463 e. The Hall–Kier alpha value is -1.86. The third kappa shape index (κ3) is 4.14. The molecule has 6 nitrogen and oxygen atoms in total. The molecule has 4 rings (SSSR count). The predicted molar refractivity (Wildman–Crippen MR) is 119 cm³/mol. The third-order valence-corrected chi connectivity index (χ3v) is 8.33. The Morgan fingerprint density at radius 1 is 1.23 bits per heavy atom. The Labute approximate surface area is 185 Å². The average Bonchev–Trinajstić information content (AvgIpc) is 3.02. The Bertz CT molecular complexity index is 1020. The lowest BCUT2D eigenvalue weighted by atomic mass is 9.55. The van der Waals surface area contributed by atoms with Gasteiger partial charge in [0.25, 0.3) is 0 Å². The number of esters is 1. The molecule has 0 heterocycles. The summed E-state index contributed by atoms with van der Waals surface area (Å²) in [5, 5.41) is 5.12. The monoisotopic (exact) mass is 447 g/mol. The van der Waals surface area contributed by atoms with E-state index in [1.54, 1.807) is 6.08 Å². The molecule has 0 aromatic heterocycles. The molecule has 1 aromatic carbocycles. The molecule has 2 saturated carbocycles. The van der Waals surface area contributed by atoms with Gasteiger partial charge in [0.15, 0.2) is 0 Å². The lowest BCUT2D eigenvalue weighted by Crippen LogP contribution is -2.40. The van der Waals surface area contributed by atoms with Crippen molar-refractivity contribution in [3.05, 3.63) is 40.5 Å². The Morgan fingerprint density at radius 2 is 2.00 bits per heavy atom. The molecule has 0 saturated heterocycles. The maximum atomic E-state index is 12.1. The minimum absolute atomic E-state index is 0.0652. The van der Waals surface area contributed by atoms with E-state index in [1.165, 1.54) is 16.7 Å². The minimum atomic E-state index is -4.04. The van der Waals surface area contributed by atoms with E-state index in [4.69, 9.17) is 14.1 Å². The molecular weight excluding hydrogens is 414 g/mol. The molecule has 170 valence electrons. The highest BCUT2D eigenvalue weighted by Gasteiger charge is 2.52. The van der Waals surface area contributed by atoms with Crippen molar-refractivity contribution >= 4 is 16.3 Å². The van der Waals surface area contributed by atoms with Crippen LogP contribution in [-0.4, -0.2) is 21.0 Å². The molecule has 0 spiro atoms. The van der Waals surface area contributed by atoms with Crippen LogP contribution in [0.5, 0.6) is 5.75 Å². The van der Waals surface area contributed by atoms with Gasteiger partial charge in [-0.2, -0.15) is 13.6 Å². The number of allylic oxidation sites excluding steroid dienone is 1. The summed E-state index contributed by atoms with van der Waals surface area (Å²) >= 11 is 0. The molecule has 0 radical (unpaired) electrons. The zero-order chi connectivity index (χ0) is 22.4. The van der Waals surface area contributed by atoms with Gasteiger partial charge in [-0.1, -0.05) is 25.5 Å². The fourth-order valence-electron chi connectivity index (χ4n) is 6.54. The standard InChI is InChI=1S/C24H33NO5S/c1-4-15-12-20-16(13-22(15)30-31(25,27)28)6-8-19-18(20)10-11-24(3)17(7-9-21(19)24)14-23(26)29-5-2/h12-14,18-19,21H,4-11H2,1-3H3,(H2,25,27,28)/b17-14+. The number of nitrogens with two attached hydrogens (primary N) is 1. The van der Waals surface area contributed by atoms with Gasteiger partial charge >= 0.3 is 16.3 Å². The van der Waals surface area contributed by atoms with E-state index in [1.807, 2.05) is 19.9 Å². The molecule has 4 unspecified atom stereocenters. The van der Waals surface area contributed by atoms with Crippen molar-refractivity contribution in [2.45, 2.75) is 71.6 Å². The van der Waals surface area contributed by atoms with Gasteiger partial charge in [0, 0.05) is 6.08 Å². The first kappa shape index (κ1) is 22.3. The van der Waals surface area contributed by atoms with Gasteiger partial charge < -0.3 is 8.92 Å². The number of aryl methyl sites for hydroxylation is 2. The van der Waals surface area contributed by atoms with Gasteiger partial charge in [0.1, 0.15) is 5.75 Å². The van der Waals surface area contributed by atoms with E-state index in [0.29, 0.717) is 36.5 Å². The largest absolute Gasteiger partial charge is 0.463 e. The summed E-state index contributed by atoms with van der Waals surface area (Å²) in [7, 11) is -4.04. The number of hydrogen-bond donors (Lipinski definition) is 1. The van der Waals surface area contributed by atoms with Gasteiger partial charge in [-0.25, -0.2) is 4.79 Å². The maximum Gasteiger partial charge on any atom is 0.380 e. The van der Waals surface area contributed by atoms with Crippen LogP contribution in [0.4, 0.5) is 0 Å². The number of carbonyl (C=O) groups is 1. The topological polar surface area (TPSA) is 95.7 Å². The van der Waals surface area contributed by atoms with Crippen LogP contribution in [0.1, 0.15) is 75.5 Å². The number of hydrogen-bond acceptors (Lipinski definition) is 5. The molecular formula is C24H33NO5S. The van der Waals surface area contributed by atoms with Crippen molar-refractivity contribution in [3.63, 3.8) is 0 Å². The summed E-state index contributed by atoms with van der Waals surface area (Å²) in [5.41, 5.74) is 4.73. The SMILES string of the molecule is CCOC(=O)/C=C1\CCC2C3CCc4cc(OS(N)(=O)=O)c(CC)cc4C3CCC12C. The van der Waals surface area contributed by atoms with Crippen molar-refractivity contribution in [2.75, 3.05) is 6.61 Å². The van der Waals surface area contributed by atoms with Crippen LogP contribution in [0, 0.1) is 17.3 Å². The number of rotatable bonds is 5.